The minimum atomic E-state index is -0.465. The monoisotopic (exact) mass is 417 g/mol. The standard InChI is InChI=1S/C22H27NO5S/c1-4-23(22(25)28-14-15-10-12-16(26-3)13-11-15)20-19(21(24)27-5-2)17-8-6-7-9-18(17)29-20/h10-13H,4-9,14H2,1-3H3. The highest BCUT2D eigenvalue weighted by Crippen LogP contribution is 2.41. The van der Waals surface area contributed by atoms with Crippen molar-refractivity contribution >= 4 is 28.4 Å². The molecule has 0 spiro atoms. The predicted molar refractivity (Wildman–Crippen MR) is 113 cm³/mol. The fourth-order valence-electron chi connectivity index (χ4n) is 3.46. The lowest BCUT2D eigenvalue weighted by molar-refractivity contribution is 0.0526. The van der Waals surface area contributed by atoms with E-state index in [1.165, 1.54) is 16.2 Å². The van der Waals surface area contributed by atoms with Crippen LogP contribution in [0, 0.1) is 0 Å². The van der Waals surface area contributed by atoms with Crippen LogP contribution in [-0.2, 0) is 28.9 Å². The molecule has 7 heteroatoms. The summed E-state index contributed by atoms with van der Waals surface area (Å²) in [6, 6.07) is 7.37. The molecule has 0 radical (unpaired) electrons. The van der Waals surface area contributed by atoms with E-state index in [1.807, 2.05) is 31.2 Å². The number of nitrogens with zero attached hydrogens (tertiary/aromatic N) is 1. The van der Waals surface area contributed by atoms with Gasteiger partial charge >= 0.3 is 12.1 Å². The SMILES string of the molecule is CCOC(=O)c1c(N(CC)C(=O)OCc2ccc(OC)cc2)sc2c1CCCC2. The summed E-state index contributed by atoms with van der Waals surface area (Å²) in [6.45, 7) is 4.53. The molecule has 1 aliphatic rings. The number of thiophene rings is 1. The molecule has 156 valence electrons. The summed E-state index contributed by atoms with van der Waals surface area (Å²) < 4.78 is 16.0. The van der Waals surface area contributed by atoms with E-state index in [9.17, 15) is 9.59 Å². The number of carbonyl (C=O) groups is 2. The van der Waals surface area contributed by atoms with E-state index in [-0.39, 0.29) is 12.6 Å². The third-order valence-corrected chi connectivity index (χ3v) is 6.25. The third kappa shape index (κ3) is 4.72. The van der Waals surface area contributed by atoms with Crippen LogP contribution in [0.2, 0.25) is 0 Å². The molecule has 29 heavy (non-hydrogen) atoms. The zero-order chi connectivity index (χ0) is 20.8. The molecule has 0 saturated heterocycles. The number of benzene rings is 1. The number of carbonyl (C=O) groups excluding carboxylic acids is 2. The number of hydrogen-bond acceptors (Lipinski definition) is 6. The molecule has 0 atom stereocenters. The van der Waals surface area contributed by atoms with E-state index in [4.69, 9.17) is 14.2 Å². The topological polar surface area (TPSA) is 65.1 Å². The second-order valence-corrected chi connectivity index (χ2v) is 7.84. The number of rotatable bonds is 7. The summed E-state index contributed by atoms with van der Waals surface area (Å²) in [5, 5.41) is 0.637. The lowest BCUT2D eigenvalue weighted by Crippen LogP contribution is -2.32. The van der Waals surface area contributed by atoms with Gasteiger partial charge in [-0.25, -0.2) is 9.59 Å². The molecule has 0 aliphatic heterocycles. The Hall–Kier alpha value is -2.54. The summed E-state index contributed by atoms with van der Waals surface area (Å²) in [4.78, 5) is 28.2. The van der Waals surface area contributed by atoms with E-state index >= 15 is 0 Å². The molecule has 1 aromatic carbocycles. The fourth-order valence-corrected chi connectivity index (χ4v) is 4.89. The molecule has 2 aromatic rings. The predicted octanol–water partition coefficient (Wildman–Crippen LogP) is 4.98. The first kappa shape index (κ1) is 21.2. The van der Waals surface area contributed by atoms with E-state index in [0.29, 0.717) is 23.7 Å². The van der Waals surface area contributed by atoms with Crippen molar-refractivity contribution in [2.45, 2.75) is 46.1 Å². The average Bonchev–Trinajstić information content (AvgIpc) is 3.12. The Morgan fingerprint density at radius 1 is 1.07 bits per heavy atom. The molecule has 1 aromatic heterocycles. The van der Waals surface area contributed by atoms with Crippen LogP contribution in [0.3, 0.4) is 0 Å². The van der Waals surface area contributed by atoms with Gasteiger partial charge < -0.3 is 14.2 Å². The maximum Gasteiger partial charge on any atom is 0.415 e. The van der Waals surface area contributed by atoms with Gasteiger partial charge in [-0.1, -0.05) is 12.1 Å². The number of ether oxygens (including phenoxy) is 3. The summed E-state index contributed by atoms with van der Waals surface area (Å²) in [5.41, 5.74) is 2.44. The molecule has 1 aliphatic carbocycles. The Labute approximate surface area is 175 Å². The molecule has 3 rings (SSSR count). The first-order valence-electron chi connectivity index (χ1n) is 9.97. The largest absolute Gasteiger partial charge is 0.497 e. The Kier molecular flexibility index (Phi) is 7.14. The van der Waals surface area contributed by atoms with Gasteiger partial charge in [0.1, 0.15) is 17.4 Å². The minimum absolute atomic E-state index is 0.152. The maximum atomic E-state index is 12.9. The summed E-state index contributed by atoms with van der Waals surface area (Å²) in [5.74, 6) is 0.391. The fraction of sp³-hybridized carbons (Fsp3) is 0.455. The number of anilines is 1. The van der Waals surface area contributed by atoms with Crippen molar-refractivity contribution in [1.29, 1.82) is 0 Å². The molecule has 6 nitrogen and oxygen atoms in total. The van der Waals surface area contributed by atoms with Gasteiger partial charge in [0, 0.05) is 11.4 Å². The van der Waals surface area contributed by atoms with E-state index < -0.39 is 6.09 Å². The summed E-state index contributed by atoms with van der Waals surface area (Å²) in [7, 11) is 1.61. The molecule has 0 fully saturated rings. The summed E-state index contributed by atoms with van der Waals surface area (Å²) >= 11 is 1.51. The second kappa shape index (κ2) is 9.78. The van der Waals surface area contributed by atoms with Crippen molar-refractivity contribution in [3.8, 4) is 5.75 Å². The Balaban J connectivity index is 1.81. The molecule has 1 heterocycles. The highest BCUT2D eigenvalue weighted by Gasteiger charge is 2.31. The summed E-state index contributed by atoms with van der Waals surface area (Å²) in [6.07, 6.45) is 3.46. The van der Waals surface area contributed by atoms with Crippen molar-refractivity contribution < 1.29 is 23.8 Å². The van der Waals surface area contributed by atoms with Gasteiger partial charge in [0.25, 0.3) is 0 Å². The molecule has 1 amide bonds. The molecule has 0 saturated carbocycles. The third-order valence-electron chi connectivity index (χ3n) is 4.94. The van der Waals surface area contributed by atoms with Gasteiger partial charge in [0.2, 0.25) is 0 Å². The van der Waals surface area contributed by atoms with Gasteiger partial charge in [0.05, 0.1) is 19.3 Å². The highest BCUT2D eigenvalue weighted by molar-refractivity contribution is 7.17. The van der Waals surface area contributed by atoms with Crippen LogP contribution < -0.4 is 9.64 Å². The maximum absolute atomic E-state index is 12.9. The van der Waals surface area contributed by atoms with E-state index in [0.717, 1.165) is 42.6 Å². The Bertz CT molecular complexity index is 859. The van der Waals surface area contributed by atoms with Gasteiger partial charge in [-0.2, -0.15) is 0 Å². The Morgan fingerprint density at radius 3 is 2.45 bits per heavy atom. The van der Waals surface area contributed by atoms with Crippen LogP contribution in [-0.4, -0.2) is 32.3 Å². The smallest absolute Gasteiger partial charge is 0.415 e. The number of fused-ring (bicyclic) bond motifs is 1. The molecule has 0 bridgehead atoms. The normalized spacial score (nSPS) is 12.8. The van der Waals surface area contributed by atoms with Gasteiger partial charge in [-0.3, -0.25) is 4.90 Å². The number of esters is 1. The molecular weight excluding hydrogens is 390 g/mol. The van der Waals surface area contributed by atoms with Crippen molar-refractivity contribution in [3.05, 3.63) is 45.8 Å². The quantitative estimate of drug-likeness (QED) is 0.595. The van der Waals surface area contributed by atoms with Crippen LogP contribution in [0.5, 0.6) is 5.75 Å². The molecule has 0 unspecified atom stereocenters. The number of hydrogen-bond donors (Lipinski definition) is 0. The molecular formula is C22H27NO5S. The van der Waals surface area contributed by atoms with Crippen molar-refractivity contribution in [3.63, 3.8) is 0 Å². The van der Waals surface area contributed by atoms with Gasteiger partial charge in [-0.05, 0) is 62.8 Å². The first-order chi connectivity index (χ1) is 14.1. The van der Waals surface area contributed by atoms with Crippen LogP contribution in [0.25, 0.3) is 0 Å². The van der Waals surface area contributed by atoms with Gasteiger partial charge in [0.15, 0.2) is 0 Å². The zero-order valence-corrected chi connectivity index (χ0v) is 18.0. The van der Waals surface area contributed by atoms with E-state index in [2.05, 4.69) is 0 Å². The van der Waals surface area contributed by atoms with Crippen LogP contribution in [0.1, 0.15) is 53.1 Å². The first-order valence-corrected chi connectivity index (χ1v) is 10.8. The van der Waals surface area contributed by atoms with Crippen molar-refractivity contribution in [2.75, 3.05) is 25.2 Å². The average molecular weight is 418 g/mol. The Morgan fingerprint density at radius 2 is 1.79 bits per heavy atom. The molecule has 0 N–H and O–H groups in total. The number of aryl methyl sites for hydroxylation is 1. The number of amides is 1. The van der Waals surface area contributed by atoms with Crippen LogP contribution in [0.4, 0.5) is 9.80 Å². The lowest BCUT2D eigenvalue weighted by atomic mass is 9.95. The lowest BCUT2D eigenvalue weighted by Gasteiger charge is -2.20. The highest BCUT2D eigenvalue weighted by atomic mass is 32.1. The minimum Gasteiger partial charge on any atom is -0.497 e. The van der Waals surface area contributed by atoms with E-state index in [1.54, 1.807) is 18.9 Å². The van der Waals surface area contributed by atoms with Crippen molar-refractivity contribution in [2.24, 2.45) is 0 Å². The van der Waals surface area contributed by atoms with Gasteiger partial charge in [-0.15, -0.1) is 11.3 Å². The number of methoxy groups -OCH3 is 1. The van der Waals surface area contributed by atoms with Crippen LogP contribution in [0.15, 0.2) is 24.3 Å². The van der Waals surface area contributed by atoms with Crippen LogP contribution >= 0.6 is 11.3 Å². The van der Waals surface area contributed by atoms with Crippen molar-refractivity contribution in [1.82, 2.24) is 0 Å². The zero-order valence-electron chi connectivity index (χ0n) is 17.2. The second-order valence-electron chi connectivity index (χ2n) is 6.76.